The van der Waals surface area contributed by atoms with Gasteiger partial charge in [-0.3, -0.25) is 5.10 Å². The Morgan fingerprint density at radius 1 is 1.45 bits per heavy atom. The fourth-order valence-corrected chi connectivity index (χ4v) is 1.34. The van der Waals surface area contributed by atoms with Crippen LogP contribution in [0.15, 0.2) is 22.7 Å². The van der Waals surface area contributed by atoms with Gasteiger partial charge in [0.05, 0.1) is 10.9 Å². The summed E-state index contributed by atoms with van der Waals surface area (Å²) < 4.78 is 0.966. The topological polar surface area (TPSA) is 48.9 Å². The predicted octanol–water partition coefficient (Wildman–Crippen LogP) is 2.03. The summed E-state index contributed by atoms with van der Waals surface area (Å²) in [5.41, 5.74) is 0.830. The molecule has 0 aliphatic carbocycles. The number of halogens is 1. The van der Waals surface area contributed by atoms with Crippen LogP contribution in [-0.4, -0.2) is 15.3 Å². The number of rotatable bonds is 0. The van der Waals surface area contributed by atoms with E-state index >= 15 is 0 Å². The van der Waals surface area contributed by atoms with Crippen LogP contribution in [0.5, 0.6) is 5.88 Å². The maximum Gasteiger partial charge on any atom is 0.238 e. The van der Waals surface area contributed by atoms with Crippen LogP contribution < -0.4 is 0 Å². The first kappa shape index (κ1) is 6.67. The molecule has 0 bridgehead atoms. The van der Waals surface area contributed by atoms with Crippen LogP contribution in [0.25, 0.3) is 10.9 Å². The summed E-state index contributed by atoms with van der Waals surface area (Å²) >= 11 is 3.31. The number of nitrogens with zero attached hydrogens (tertiary/aromatic N) is 1. The monoisotopic (exact) mass is 212 g/mol. The quantitative estimate of drug-likeness (QED) is 0.703. The maximum absolute atomic E-state index is 9.14. The molecule has 0 fully saturated rings. The number of aromatic amines is 1. The van der Waals surface area contributed by atoms with Gasteiger partial charge >= 0.3 is 0 Å². The summed E-state index contributed by atoms with van der Waals surface area (Å²) in [6, 6.07) is 5.53. The van der Waals surface area contributed by atoms with E-state index in [9.17, 15) is 0 Å². The molecule has 2 N–H and O–H groups in total. The lowest BCUT2D eigenvalue weighted by Gasteiger charge is -1.88. The smallest absolute Gasteiger partial charge is 0.238 e. The molecular weight excluding hydrogens is 208 g/mol. The second-order valence-corrected chi connectivity index (χ2v) is 3.15. The van der Waals surface area contributed by atoms with Crippen molar-refractivity contribution in [3.63, 3.8) is 0 Å². The summed E-state index contributed by atoms with van der Waals surface area (Å²) in [5.74, 6) is 0.0486. The van der Waals surface area contributed by atoms with E-state index < -0.39 is 0 Å². The highest BCUT2D eigenvalue weighted by Gasteiger charge is 2.01. The molecule has 0 radical (unpaired) electrons. The first-order chi connectivity index (χ1) is 5.27. The lowest BCUT2D eigenvalue weighted by atomic mass is 10.2. The predicted molar refractivity (Wildman–Crippen MR) is 45.5 cm³/mol. The zero-order valence-electron chi connectivity index (χ0n) is 5.50. The third-order valence-corrected chi connectivity index (χ3v) is 2.00. The molecule has 0 unspecified atom stereocenters. The summed E-state index contributed by atoms with van der Waals surface area (Å²) in [4.78, 5) is 0. The van der Waals surface area contributed by atoms with Crippen molar-refractivity contribution in [3.8, 4) is 5.88 Å². The van der Waals surface area contributed by atoms with Crippen LogP contribution in [-0.2, 0) is 0 Å². The molecule has 1 aromatic heterocycles. The molecule has 2 rings (SSSR count). The number of aromatic hydroxyl groups is 1. The molecule has 4 heteroatoms. The van der Waals surface area contributed by atoms with Gasteiger partial charge in [-0.2, -0.15) is 0 Å². The molecular formula is C7H5BrN2O. The Labute approximate surface area is 71.2 Å². The zero-order valence-corrected chi connectivity index (χ0v) is 7.09. The van der Waals surface area contributed by atoms with Crippen molar-refractivity contribution in [1.29, 1.82) is 0 Å². The fourth-order valence-electron chi connectivity index (χ4n) is 0.977. The van der Waals surface area contributed by atoms with E-state index in [1.807, 2.05) is 12.1 Å². The molecule has 0 aliphatic rings. The fraction of sp³-hybridized carbons (Fsp3) is 0. The Hall–Kier alpha value is -1.03. The van der Waals surface area contributed by atoms with Crippen molar-refractivity contribution in [2.24, 2.45) is 0 Å². The molecule has 0 atom stereocenters. The lowest BCUT2D eigenvalue weighted by molar-refractivity contribution is 0.457. The van der Waals surface area contributed by atoms with Crippen molar-refractivity contribution in [2.75, 3.05) is 0 Å². The average Bonchev–Trinajstić information content (AvgIpc) is 2.32. The van der Waals surface area contributed by atoms with Gasteiger partial charge in [0.25, 0.3) is 0 Å². The lowest BCUT2D eigenvalue weighted by Crippen LogP contribution is -1.67. The number of nitrogens with one attached hydrogen (secondary N) is 1. The Bertz CT molecular complexity index is 396. The molecule has 3 nitrogen and oxygen atoms in total. The van der Waals surface area contributed by atoms with E-state index in [4.69, 9.17) is 5.11 Å². The first-order valence-corrected chi connectivity index (χ1v) is 3.89. The van der Waals surface area contributed by atoms with Crippen LogP contribution in [0.2, 0.25) is 0 Å². The van der Waals surface area contributed by atoms with Crippen molar-refractivity contribution < 1.29 is 5.11 Å². The van der Waals surface area contributed by atoms with Gasteiger partial charge in [-0.15, -0.1) is 5.10 Å². The van der Waals surface area contributed by atoms with E-state index in [1.54, 1.807) is 6.07 Å². The Morgan fingerprint density at radius 3 is 3.09 bits per heavy atom. The Morgan fingerprint density at radius 2 is 2.27 bits per heavy atom. The summed E-state index contributed by atoms with van der Waals surface area (Å²) in [6.07, 6.45) is 0. The maximum atomic E-state index is 9.14. The Balaban J connectivity index is 2.86. The average molecular weight is 213 g/mol. The highest BCUT2D eigenvalue weighted by atomic mass is 79.9. The van der Waals surface area contributed by atoms with Gasteiger partial charge in [0, 0.05) is 4.47 Å². The third-order valence-electron chi connectivity index (χ3n) is 1.50. The number of H-pyrrole nitrogens is 1. The minimum Gasteiger partial charge on any atom is -0.492 e. The minimum absolute atomic E-state index is 0.0486. The van der Waals surface area contributed by atoms with E-state index in [2.05, 4.69) is 26.1 Å². The van der Waals surface area contributed by atoms with E-state index in [0.717, 1.165) is 15.4 Å². The van der Waals surface area contributed by atoms with Gasteiger partial charge in [0.15, 0.2) is 0 Å². The van der Waals surface area contributed by atoms with Crippen LogP contribution in [0.4, 0.5) is 0 Å². The van der Waals surface area contributed by atoms with Gasteiger partial charge in [-0.05, 0) is 18.2 Å². The summed E-state index contributed by atoms with van der Waals surface area (Å²) in [7, 11) is 0. The normalized spacial score (nSPS) is 10.6. The van der Waals surface area contributed by atoms with Crippen LogP contribution >= 0.6 is 15.9 Å². The van der Waals surface area contributed by atoms with Crippen LogP contribution in [0.1, 0.15) is 0 Å². The molecule has 0 spiro atoms. The Kier molecular flexibility index (Phi) is 1.35. The molecule has 0 saturated carbocycles. The van der Waals surface area contributed by atoms with E-state index in [-0.39, 0.29) is 5.88 Å². The SMILES string of the molecule is Oc1n[nH]c2cc(Br)ccc12. The largest absolute Gasteiger partial charge is 0.492 e. The molecule has 0 saturated heterocycles. The minimum atomic E-state index is 0.0486. The van der Waals surface area contributed by atoms with Crippen molar-refractivity contribution in [1.82, 2.24) is 10.2 Å². The molecule has 56 valence electrons. The number of benzene rings is 1. The summed E-state index contributed by atoms with van der Waals surface area (Å²) in [6.45, 7) is 0. The number of hydrogen-bond donors (Lipinski definition) is 2. The van der Waals surface area contributed by atoms with Gasteiger partial charge in [-0.25, -0.2) is 0 Å². The molecule has 11 heavy (non-hydrogen) atoms. The molecule has 0 amide bonds. The summed E-state index contributed by atoms with van der Waals surface area (Å²) in [5, 5.41) is 16.2. The molecule has 1 aromatic carbocycles. The van der Waals surface area contributed by atoms with Crippen molar-refractivity contribution in [3.05, 3.63) is 22.7 Å². The van der Waals surface area contributed by atoms with Crippen LogP contribution in [0.3, 0.4) is 0 Å². The van der Waals surface area contributed by atoms with Crippen molar-refractivity contribution >= 4 is 26.8 Å². The second-order valence-electron chi connectivity index (χ2n) is 2.24. The number of fused-ring (bicyclic) bond motifs is 1. The second kappa shape index (κ2) is 2.23. The van der Waals surface area contributed by atoms with Crippen LogP contribution in [0, 0.1) is 0 Å². The molecule has 0 aliphatic heterocycles. The third kappa shape index (κ3) is 0.991. The van der Waals surface area contributed by atoms with E-state index in [0.29, 0.717) is 0 Å². The molecule has 2 aromatic rings. The zero-order chi connectivity index (χ0) is 7.84. The highest BCUT2D eigenvalue weighted by Crippen LogP contribution is 2.23. The van der Waals surface area contributed by atoms with Gasteiger partial charge in [0.1, 0.15) is 0 Å². The number of aromatic nitrogens is 2. The standard InChI is InChI=1S/C7H5BrN2O/c8-4-1-2-5-6(3-4)9-10-7(5)11/h1-3H,(H2,9,10,11). The van der Waals surface area contributed by atoms with Gasteiger partial charge in [0.2, 0.25) is 5.88 Å². The highest BCUT2D eigenvalue weighted by molar-refractivity contribution is 9.10. The first-order valence-electron chi connectivity index (χ1n) is 3.10. The van der Waals surface area contributed by atoms with Gasteiger partial charge < -0.3 is 5.11 Å². The van der Waals surface area contributed by atoms with E-state index in [1.165, 1.54) is 0 Å². The number of hydrogen-bond acceptors (Lipinski definition) is 2. The van der Waals surface area contributed by atoms with Crippen molar-refractivity contribution in [2.45, 2.75) is 0 Å². The van der Waals surface area contributed by atoms with Gasteiger partial charge in [-0.1, -0.05) is 15.9 Å². The molecule has 1 heterocycles.